The molecule has 1 aliphatic carbocycles. The molecule has 0 atom stereocenters. The average molecular weight is 199 g/mol. The van der Waals surface area contributed by atoms with Gasteiger partial charge in [0.2, 0.25) is 0 Å². The van der Waals surface area contributed by atoms with Crippen LogP contribution in [-0.4, -0.2) is 25.8 Å². The van der Waals surface area contributed by atoms with Crippen molar-refractivity contribution in [2.75, 3.05) is 19.8 Å². The highest BCUT2D eigenvalue weighted by Gasteiger charge is 2.11. The lowest BCUT2D eigenvalue weighted by Crippen LogP contribution is -2.33. The first-order valence-electron chi connectivity index (χ1n) is 6.10. The van der Waals surface area contributed by atoms with Crippen LogP contribution in [0.5, 0.6) is 0 Å². The Morgan fingerprint density at radius 1 is 1.21 bits per heavy atom. The zero-order valence-electron chi connectivity index (χ0n) is 9.72. The second kappa shape index (κ2) is 7.24. The van der Waals surface area contributed by atoms with Gasteiger partial charge >= 0.3 is 0 Å². The zero-order valence-corrected chi connectivity index (χ0v) is 9.72. The van der Waals surface area contributed by atoms with Gasteiger partial charge in [-0.3, -0.25) is 0 Å². The van der Waals surface area contributed by atoms with Crippen LogP contribution < -0.4 is 5.32 Å². The number of ether oxygens (including phenoxy) is 1. The monoisotopic (exact) mass is 199 g/mol. The van der Waals surface area contributed by atoms with Crippen molar-refractivity contribution in [3.8, 4) is 0 Å². The lowest BCUT2D eigenvalue weighted by molar-refractivity contribution is 0.109. The third-order valence-electron chi connectivity index (χ3n) is 2.74. The predicted molar refractivity (Wildman–Crippen MR) is 60.5 cm³/mol. The van der Waals surface area contributed by atoms with Gasteiger partial charge in [0.1, 0.15) is 0 Å². The second-order valence-electron chi connectivity index (χ2n) is 4.76. The molecule has 14 heavy (non-hydrogen) atoms. The highest BCUT2D eigenvalue weighted by molar-refractivity contribution is 4.71. The topological polar surface area (TPSA) is 21.3 Å². The van der Waals surface area contributed by atoms with Crippen molar-refractivity contribution in [2.45, 2.75) is 52.0 Å². The fourth-order valence-electron chi connectivity index (χ4n) is 1.96. The van der Waals surface area contributed by atoms with Crippen molar-refractivity contribution in [3.05, 3.63) is 0 Å². The van der Waals surface area contributed by atoms with Gasteiger partial charge in [-0.1, -0.05) is 33.1 Å². The lowest BCUT2D eigenvalue weighted by Gasteiger charge is -2.22. The summed E-state index contributed by atoms with van der Waals surface area (Å²) in [6.07, 6.45) is 6.98. The molecule has 0 aromatic heterocycles. The Hall–Kier alpha value is -0.0800. The molecule has 1 saturated carbocycles. The maximum Gasteiger partial charge on any atom is 0.0591 e. The van der Waals surface area contributed by atoms with Crippen molar-refractivity contribution in [2.24, 2.45) is 5.92 Å². The molecule has 2 nitrogen and oxygen atoms in total. The molecular formula is C12H25NO. The maximum absolute atomic E-state index is 5.52. The maximum atomic E-state index is 5.52. The third-order valence-corrected chi connectivity index (χ3v) is 2.74. The van der Waals surface area contributed by atoms with E-state index in [9.17, 15) is 0 Å². The number of hydrogen-bond donors (Lipinski definition) is 1. The summed E-state index contributed by atoms with van der Waals surface area (Å²) in [6, 6.07) is 0.770. The summed E-state index contributed by atoms with van der Waals surface area (Å²) >= 11 is 0. The minimum absolute atomic E-state index is 0.657. The van der Waals surface area contributed by atoms with Crippen LogP contribution in [0.15, 0.2) is 0 Å². The zero-order chi connectivity index (χ0) is 10.2. The van der Waals surface area contributed by atoms with Gasteiger partial charge in [-0.25, -0.2) is 0 Å². The van der Waals surface area contributed by atoms with E-state index in [0.717, 1.165) is 25.8 Å². The van der Waals surface area contributed by atoms with Crippen molar-refractivity contribution in [3.63, 3.8) is 0 Å². The Morgan fingerprint density at radius 3 is 2.57 bits per heavy atom. The molecule has 0 amide bonds. The molecule has 0 aromatic carbocycles. The highest BCUT2D eigenvalue weighted by atomic mass is 16.5. The second-order valence-corrected chi connectivity index (χ2v) is 4.76. The third kappa shape index (κ3) is 5.61. The number of nitrogens with one attached hydrogen (secondary N) is 1. The molecule has 2 heteroatoms. The van der Waals surface area contributed by atoms with E-state index in [-0.39, 0.29) is 0 Å². The average Bonchev–Trinajstić information content (AvgIpc) is 2.18. The van der Waals surface area contributed by atoms with E-state index in [0.29, 0.717) is 5.92 Å². The van der Waals surface area contributed by atoms with E-state index in [1.165, 1.54) is 32.1 Å². The van der Waals surface area contributed by atoms with Gasteiger partial charge in [0.05, 0.1) is 6.61 Å². The molecule has 1 aliphatic rings. The minimum Gasteiger partial charge on any atom is -0.380 e. The summed E-state index contributed by atoms with van der Waals surface area (Å²) < 4.78 is 5.52. The van der Waals surface area contributed by atoms with Crippen LogP contribution in [0.2, 0.25) is 0 Å². The smallest absolute Gasteiger partial charge is 0.0591 e. The summed E-state index contributed by atoms with van der Waals surface area (Å²) in [5.41, 5.74) is 0. The molecule has 0 radical (unpaired) electrons. The van der Waals surface area contributed by atoms with Crippen LogP contribution in [0.25, 0.3) is 0 Å². The molecule has 84 valence electrons. The van der Waals surface area contributed by atoms with E-state index in [4.69, 9.17) is 4.74 Å². The van der Waals surface area contributed by atoms with Crippen LogP contribution >= 0.6 is 0 Å². The van der Waals surface area contributed by atoms with E-state index in [1.807, 2.05) is 0 Å². The first-order valence-corrected chi connectivity index (χ1v) is 6.10. The van der Waals surface area contributed by atoms with Crippen LogP contribution in [0.4, 0.5) is 0 Å². The van der Waals surface area contributed by atoms with Crippen LogP contribution in [0.3, 0.4) is 0 Å². The largest absolute Gasteiger partial charge is 0.380 e. The van der Waals surface area contributed by atoms with Gasteiger partial charge in [0.25, 0.3) is 0 Å². The van der Waals surface area contributed by atoms with Gasteiger partial charge in [0, 0.05) is 19.2 Å². The van der Waals surface area contributed by atoms with Crippen LogP contribution in [0.1, 0.15) is 46.0 Å². The van der Waals surface area contributed by atoms with Crippen molar-refractivity contribution >= 4 is 0 Å². The summed E-state index contributed by atoms with van der Waals surface area (Å²) in [6.45, 7) is 7.17. The molecule has 1 rings (SSSR count). The molecule has 1 N–H and O–H groups in total. The molecule has 0 unspecified atom stereocenters. The molecule has 0 saturated heterocycles. The predicted octanol–water partition coefficient (Wildman–Crippen LogP) is 2.58. The highest BCUT2D eigenvalue weighted by Crippen LogP contribution is 2.16. The van der Waals surface area contributed by atoms with Gasteiger partial charge in [-0.2, -0.15) is 0 Å². The standard InChI is InChI=1S/C12H25NO/c1-11(2)10-14-9-8-13-12-6-4-3-5-7-12/h11-13H,3-10H2,1-2H3. The molecule has 0 bridgehead atoms. The fraction of sp³-hybridized carbons (Fsp3) is 1.00. The Bertz CT molecular complexity index is 130. The van der Waals surface area contributed by atoms with Crippen molar-refractivity contribution < 1.29 is 4.74 Å². The van der Waals surface area contributed by atoms with Gasteiger partial charge in [-0.15, -0.1) is 0 Å². The summed E-state index contributed by atoms with van der Waals surface area (Å²) in [5.74, 6) is 0.657. The quantitative estimate of drug-likeness (QED) is 0.664. The molecule has 0 aliphatic heterocycles. The van der Waals surface area contributed by atoms with E-state index >= 15 is 0 Å². The number of hydrogen-bond acceptors (Lipinski definition) is 2. The SMILES string of the molecule is CC(C)COCCNC1CCCCC1. The Morgan fingerprint density at radius 2 is 1.93 bits per heavy atom. The van der Waals surface area contributed by atoms with Gasteiger partial charge < -0.3 is 10.1 Å². The van der Waals surface area contributed by atoms with E-state index in [1.54, 1.807) is 0 Å². The Kier molecular flexibility index (Phi) is 6.20. The van der Waals surface area contributed by atoms with Crippen LogP contribution in [-0.2, 0) is 4.74 Å². The normalized spacial score (nSPS) is 19.1. The first kappa shape index (κ1) is 12.0. The van der Waals surface area contributed by atoms with Gasteiger partial charge in [-0.05, 0) is 18.8 Å². The minimum atomic E-state index is 0.657. The van der Waals surface area contributed by atoms with Crippen molar-refractivity contribution in [1.82, 2.24) is 5.32 Å². The molecule has 0 aromatic rings. The summed E-state index contributed by atoms with van der Waals surface area (Å²) in [4.78, 5) is 0. The lowest BCUT2D eigenvalue weighted by atomic mass is 9.96. The van der Waals surface area contributed by atoms with Gasteiger partial charge in [0.15, 0.2) is 0 Å². The van der Waals surface area contributed by atoms with E-state index < -0.39 is 0 Å². The molecule has 1 fully saturated rings. The number of rotatable bonds is 6. The van der Waals surface area contributed by atoms with E-state index in [2.05, 4.69) is 19.2 Å². The Labute approximate surface area is 88.4 Å². The first-order chi connectivity index (χ1) is 6.79. The summed E-state index contributed by atoms with van der Waals surface area (Å²) in [5, 5.41) is 3.57. The molecular weight excluding hydrogens is 174 g/mol. The summed E-state index contributed by atoms with van der Waals surface area (Å²) in [7, 11) is 0. The Balaban J connectivity index is 1.87. The fourth-order valence-corrected chi connectivity index (χ4v) is 1.96. The van der Waals surface area contributed by atoms with Crippen molar-refractivity contribution in [1.29, 1.82) is 0 Å². The van der Waals surface area contributed by atoms with Crippen LogP contribution in [0, 0.1) is 5.92 Å². The molecule has 0 spiro atoms. The molecule has 0 heterocycles.